The first-order valence-corrected chi connectivity index (χ1v) is 16.7. The van der Waals surface area contributed by atoms with Gasteiger partial charge in [-0.25, -0.2) is 0 Å². The lowest BCUT2D eigenvalue weighted by molar-refractivity contribution is -0.144. The van der Waals surface area contributed by atoms with Crippen LogP contribution in [-0.4, -0.2) is 72.6 Å². The van der Waals surface area contributed by atoms with Crippen molar-refractivity contribution in [1.82, 2.24) is 5.32 Å². The zero-order chi connectivity index (χ0) is 32.0. The highest BCUT2D eigenvalue weighted by Gasteiger charge is 2.22. The second-order valence-corrected chi connectivity index (χ2v) is 11.5. The van der Waals surface area contributed by atoms with E-state index in [1.165, 1.54) is 44.9 Å². The van der Waals surface area contributed by atoms with Gasteiger partial charge >= 0.3 is 11.9 Å². The minimum absolute atomic E-state index is 0.0329. The lowest BCUT2D eigenvalue weighted by Gasteiger charge is -2.12. The lowest BCUT2D eigenvalue weighted by Crippen LogP contribution is -2.29. The molecule has 0 aliphatic rings. The van der Waals surface area contributed by atoms with E-state index in [-0.39, 0.29) is 49.8 Å². The van der Waals surface area contributed by atoms with Crippen molar-refractivity contribution < 1.29 is 43.7 Å². The smallest absolute Gasteiger partial charge is 0.306 e. The van der Waals surface area contributed by atoms with Crippen molar-refractivity contribution in [3.05, 3.63) is 0 Å². The molecule has 1 atom stereocenters. The van der Waals surface area contributed by atoms with E-state index >= 15 is 0 Å². The van der Waals surface area contributed by atoms with Gasteiger partial charge < -0.3 is 25.0 Å². The molecule has 0 aromatic rings. The van der Waals surface area contributed by atoms with E-state index in [0.29, 0.717) is 39.2 Å². The molecule has 250 valence electrons. The fraction of sp³-hybridized carbons (Fsp3) is 0.848. The van der Waals surface area contributed by atoms with Crippen molar-refractivity contribution in [2.75, 3.05) is 33.0 Å². The predicted octanol–water partition coefficient (Wildman–Crippen LogP) is 6.27. The lowest BCUT2D eigenvalue weighted by atomic mass is 9.94. The molecule has 10 heteroatoms. The van der Waals surface area contributed by atoms with Crippen LogP contribution in [0.5, 0.6) is 0 Å². The monoisotopic (exact) mass is 613 g/mol. The van der Waals surface area contributed by atoms with Gasteiger partial charge in [-0.05, 0) is 25.7 Å². The fourth-order valence-corrected chi connectivity index (χ4v) is 4.82. The molecule has 0 saturated carbocycles. The molecule has 1 amide bonds. The van der Waals surface area contributed by atoms with Gasteiger partial charge in [0, 0.05) is 38.6 Å². The molecular formula is C33H59NO9. The third kappa shape index (κ3) is 29.5. The highest BCUT2D eigenvalue weighted by Crippen LogP contribution is 2.17. The summed E-state index contributed by atoms with van der Waals surface area (Å²) in [4.78, 5) is 57.8. The van der Waals surface area contributed by atoms with E-state index < -0.39 is 17.9 Å². The molecule has 0 unspecified atom stereocenters. The van der Waals surface area contributed by atoms with E-state index in [1.807, 2.05) is 6.92 Å². The molecule has 0 heterocycles. The summed E-state index contributed by atoms with van der Waals surface area (Å²) in [6.07, 6.45) is 17.6. The van der Waals surface area contributed by atoms with Crippen LogP contribution in [-0.2, 0) is 33.4 Å². The third-order valence-corrected chi connectivity index (χ3v) is 7.37. The first-order valence-electron chi connectivity index (χ1n) is 16.7. The number of carbonyl (C=O) groups is 5. The number of ketones is 2. The number of carbonyl (C=O) groups excluding carboxylic acids is 3. The van der Waals surface area contributed by atoms with Crippen molar-refractivity contribution in [2.45, 2.75) is 142 Å². The van der Waals surface area contributed by atoms with Gasteiger partial charge in [0.1, 0.15) is 12.4 Å². The molecule has 43 heavy (non-hydrogen) atoms. The number of hydrogen-bond acceptors (Lipinski definition) is 7. The van der Waals surface area contributed by atoms with Gasteiger partial charge in [-0.15, -0.1) is 0 Å². The maximum atomic E-state index is 12.3. The first kappa shape index (κ1) is 40.7. The van der Waals surface area contributed by atoms with Gasteiger partial charge in [-0.3, -0.25) is 24.0 Å². The van der Waals surface area contributed by atoms with Gasteiger partial charge in [0.25, 0.3) is 0 Å². The quantitative estimate of drug-likeness (QED) is 0.0726. The number of hydrogen-bond donors (Lipinski definition) is 3. The summed E-state index contributed by atoms with van der Waals surface area (Å²) in [5.41, 5.74) is 0. The summed E-state index contributed by atoms with van der Waals surface area (Å²) in [5.74, 6) is -2.85. The Bertz CT molecular complexity index is 757. The number of unbranched alkanes of at least 4 members (excludes halogenated alkanes) is 13. The highest BCUT2D eigenvalue weighted by molar-refractivity contribution is 5.84. The molecule has 0 aromatic carbocycles. The molecule has 0 aliphatic carbocycles. The van der Waals surface area contributed by atoms with Crippen LogP contribution in [0.3, 0.4) is 0 Å². The molecule has 0 spiro atoms. The van der Waals surface area contributed by atoms with Crippen LogP contribution in [0.25, 0.3) is 0 Å². The van der Waals surface area contributed by atoms with Gasteiger partial charge in [0.2, 0.25) is 5.91 Å². The molecule has 0 bridgehead atoms. The van der Waals surface area contributed by atoms with Gasteiger partial charge in [-0.1, -0.05) is 84.0 Å². The molecule has 0 aromatic heterocycles. The van der Waals surface area contributed by atoms with Gasteiger partial charge in [0.05, 0.1) is 25.7 Å². The molecule has 0 aliphatic heterocycles. The summed E-state index contributed by atoms with van der Waals surface area (Å²) in [6.45, 7) is 3.24. The Kier molecular flexibility index (Phi) is 28.1. The average molecular weight is 614 g/mol. The van der Waals surface area contributed by atoms with Crippen LogP contribution in [0.4, 0.5) is 0 Å². The zero-order valence-electron chi connectivity index (χ0n) is 26.7. The minimum atomic E-state index is -1.04. The Hall–Kier alpha value is -2.33. The normalized spacial score (nSPS) is 11.7. The van der Waals surface area contributed by atoms with Gasteiger partial charge in [0.15, 0.2) is 5.78 Å². The van der Waals surface area contributed by atoms with E-state index in [1.54, 1.807) is 0 Å². The largest absolute Gasteiger partial charge is 0.481 e. The number of ether oxygens (including phenoxy) is 2. The standard InChI is InChI=1S/C33H59NO9/c1-2-17-30(36)27-43-25-24-42-23-22-34-31(37)21-20-28(33(40)41)26-29(35)18-15-13-11-9-7-5-3-4-6-8-10-12-14-16-19-32(38)39/h28H,2-27H2,1H3,(H,34,37)(H,38,39)(H,40,41)/t28-/m1/s1. The molecule has 3 N–H and O–H groups in total. The number of nitrogens with one attached hydrogen (secondary N) is 1. The number of carboxylic acid groups (broad SMARTS) is 2. The summed E-state index contributed by atoms with van der Waals surface area (Å²) < 4.78 is 10.6. The van der Waals surface area contributed by atoms with Crippen molar-refractivity contribution >= 4 is 29.4 Å². The van der Waals surface area contributed by atoms with Crippen LogP contribution in [0, 0.1) is 5.92 Å². The van der Waals surface area contributed by atoms with E-state index in [4.69, 9.17) is 14.6 Å². The van der Waals surface area contributed by atoms with Crippen molar-refractivity contribution in [3.63, 3.8) is 0 Å². The number of rotatable bonds is 33. The van der Waals surface area contributed by atoms with Crippen LogP contribution in [0.15, 0.2) is 0 Å². The Balaban J connectivity index is 3.67. The first-order chi connectivity index (χ1) is 20.8. The molecule has 0 rings (SSSR count). The second kappa shape index (κ2) is 29.7. The summed E-state index contributed by atoms with van der Waals surface area (Å²) in [6, 6.07) is 0. The number of carboxylic acids is 2. The number of Topliss-reactive ketones (excluding diaryl/α,β-unsaturated/α-hetero) is 2. The fourth-order valence-electron chi connectivity index (χ4n) is 4.82. The Morgan fingerprint density at radius 2 is 1.12 bits per heavy atom. The van der Waals surface area contributed by atoms with Crippen LogP contribution < -0.4 is 5.32 Å². The summed E-state index contributed by atoms with van der Waals surface area (Å²) >= 11 is 0. The number of aliphatic carboxylic acids is 2. The van der Waals surface area contributed by atoms with Crippen LogP contribution >= 0.6 is 0 Å². The second-order valence-electron chi connectivity index (χ2n) is 11.5. The molecule has 10 nitrogen and oxygen atoms in total. The third-order valence-electron chi connectivity index (χ3n) is 7.37. The topological polar surface area (TPSA) is 156 Å². The highest BCUT2D eigenvalue weighted by atomic mass is 16.5. The maximum Gasteiger partial charge on any atom is 0.306 e. The average Bonchev–Trinajstić information content (AvgIpc) is 2.96. The van der Waals surface area contributed by atoms with Crippen LogP contribution in [0.2, 0.25) is 0 Å². The zero-order valence-corrected chi connectivity index (χ0v) is 26.7. The Morgan fingerprint density at radius 1 is 0.605 bits per heavy atom. The molecular weight excluding hydrogens is 554 g/mol. The molecule has 0 radical (unpaired) electrons. The maximum absolute atomic E-state index is 12.3. The van der Waals surface area contributed by atoms with E-state index in [9.17, 15) is 29.1 Å². The molecule has 0 saturated heterocycles. The summed E-state index contributed by atoms with van der Waals surface area (Å²) in [7, 11) is 0. The SMILES string of the molecule is CCCC(=O)COCCOCCNC(=O)CC[C@H](CC(=O)CCCCCCCCCCCCCCCCC(=O)O)C(=O)O. The number of amides is 1. The van der Waals surface area contributed by atoms with Gasteiger partial charge in [-0.2, -0.15) is 0 Å². The van der Waals surface area contributed by atoms with Crippen molar-refractivity contribution in [1.29, 1.82) is 0 Å². The van der Waals surface area contributed by atoms with E-state index in [0.717, 1.165) is 51.4 Å². The minimum Gasteiger partial charge on any atom is -0.481 e. The predicted molar refractivity (Wildman–Crippen MR) is 166 cm³/mol. The Morgan fingerprint density at radius 3 is 1.63 bits per heavy atom. The van der Waals surface area contributed by atoms with Crippen molar-refractivity contribution in [2.24, 2.45) is 5.92 Å². The van der Waals surface area contributed by atoms with Crippen molar-refractivity contribution in [3.8, 4) is 0 Å². The summed E-state index contributed by atoms with van der Waals surface area (Å²) in [5, 5.41) is 20.8. The van der Waals surface area contributed by atoms with E-state index in [2.05, 4.69) is 5.32 Å². The van der Waals surface area contributed by atoms with Crippen LogP contribution in [0.1, 0.15) is 142 Å². The Labute approximate surface area is 259 Å². The molecule has 0 fully saturated rings.